The van der Waals surface area contributed by atoms with Gasteiger partial charge < -0.3 is 15.5 Å². The lowest BCUT2D eigenvalue weighted by Gasteiger charge is -2.40. The molecule has 2 heterocycles. The summed E-state index contributed by atoms with van der Waals surface area (Å²) >= 11 is 0. The SMILES string of the molecule is CNC1CN(c2ccnc(NCC(C)C)c2)C1. The minimum atomic E-state index is 0.634. The summed E-state index contributed by atoms with van der Waals surface area (Å²) in [7, 11) is 2.02. The van der Waals surface area contributed by atoms with E-state index < -0.39 is 0 Å². The topological polar surface area (TPSA) is 40.2 Å². The van der Waals surface area contributed by atoms with Crippen LogP contribution in [0.3, 0.4) is 0 Å². The quantitative estimate of drug-likeness (QED) is 0.811. The number of hydrogen-bond donors (Lipinski definition) is 2. The minimum absolute atomic E-state index is 0.634. The number of nitrogens with zero attached hydrogens (tertiary/aromatic N) is 2. The van der Waals surface area contributed by atoms with Gasteiger partial charge in [0.1, 0.15) is 5.82 Å². The molecule has 4 nitrogen and oxygen atoms in total. The smallest absolute Gasteiger partial charge is 0.127 e. The molecular weight excluding hydrogens is 212 g/mol. The maximum Gasteiger partial charge on any atom is 0.127 e. The molecule has 1 aromatic rings. The molecule has 0 spiro atoms. The first-order valence-corrected chi connectivity index (χ1v) is 6.31. The van der Waals surface area contributed by atoms with Gasteiger partial charge in [0.15, 0.2) is 0 Å². The second-order valence-electron chi connectivity index (χ2n) is 5.06. The van der Waals surface area contributed by atoms with Crippen LogP contribution in [-0.2, 0) is 0 Å². The van der Waals surface area contributed by atoms with Crippen LogP contribution in [0.2, 0.25) is 0 Å². The molecule has 0 atom stereocenters. The van der Waals surface area contributed by atoms with E-state index >= 15 is 0 Å². The lowest BCUT2D eigenvalue weighted by atomic mass is 10.1. The van der Waals surface area contributed by atoms with E-state index in [2.05, 4.69) is 46.5 Å². The van der Waals surface area contributed by atoms with Crippen LogP contribution >= 0.6 is 0 Å². The number of aromatic nitrogens is 1. The van der Waals surface area contributed by atoms with E-state index in [1.807, 2.05) is 13.2 Å². The summed E-state index contributed by atoms with van der Waals surface area (Å²) in [5.74, 6) is 1.61. The average molecular weight is 234 g/mol. The molecule has 1 fully saturated rings. The molecule has 2 rings (SSSR count). The predicted molar refractivity (Wildman–Crippen MR) is 72.6 cm³/mol. The van der Waals surface area contributed by atoms with Gasteiger partial charge in [0.05, 0.1) is 0 Å². The molecule has 0 saturated carbocycles. The van der Waals surface area contributed by atoms with Crippen molar-refractivity contribution in [3.05, 3.63) is 18.3 Å². The largest absolute Gasteiger partial charge is 0.370 e. The second-order valence-corrected chi connectivity index (χ2v) is 5.06. The highest BCUT2D eigenvalue weighted by Crippen LogP contribution is 2.22. The minimum Gasteiger partial charge on any atom is -0.370 e. The Morgan fingerprint density at radius 2 is 2.24 bits per heavy atom. The molecule has 4 heteroatoms. The third-order valence-corrected chi connectivity index (χ3v) is 3.09. The van der Waals surface area contributed by atoms with Crippen molar-refractivity contribution < 1.29 is 0 Å². The van der Waals surface area contributed by atoms with E-state index in [0.29, 0.717) is 12.0 Å². The first kappa shape index (κ1) is 12.2. The van der Waals surface area contributed by atoms with Gasteiger partial charge in [-0.3, -0.25) is 0 Å². The highest BCUT2D eigenvalue weighted by Gasteiger charge is 2.25. The molecule has 1 saturated heterocycles. The Morgan fingerprint density at radius 3 is 2.88 bits per heavy atom. The van der Waals surface area contributed by atoms with Crippen LogP contribution in [0.25, 0.3) is 0 Å². The Hall–Kier alpha value is -1.29. The van der Waals surface area contributed by atoms with Gasteiger partial charge in [-0.15, -0.1) is 0 Å². The third-order valence-electron chi connectivity index (χ3n) is 3.09. The van der Waals surface area contributed by atoms with Crippen molar-refractivity contribution in [2.24, 2.45) is 5.92 Å². The summed E-state index contributed by atoms with van der Waals surface area (Å²) < 4.78 is 0. The Bertz CT molecular complexity index is 358. The molecule has 1 aliphatic heterocycles. The van der Waals surface area contributed by atoms with E-state index in [0.717, 1.165) is 25.5 Å². The number of nitrogens with one attached hydrogen (secondary N) is 2. The Morgan fingerprint density at radius 1 is 1.47 bits per heavy atom. The first-order valence-electron chi connectivity index (χ1n) is 6.31. The van der Waals surface area contributed by atoms with E-state index in [1.165, 1.54) is 5.69 Å². The standard InChI is InChI=1S/C13H22N4/c1-10(2)7-16-13-6-12(4-5-15-13)17-8-11(9-17)14-3/h4-6,10-11,14H,7-9H2,1-3H3,(H,15,16). The highest BCUT2D eigenvalue weighted by atomic mass is 15.2. The van der Waals surface area contributed by atoms with Crippen LogP contribution < -0.4 is 15.5 Å². The summed E-state index contributed by atoms with van der Waals surface area (Å²) in [6.45, 7) is 7.54. The molecule has 0 amide bonds. The summed E-state index contributed by atoms with van der Waals surface area (Å²) in [6.07, 6.45) is 1.88. The fraction of sp³-hybridized carbons (Fsp3) is 0.615. The number of pyridine rings is 1. The third kappa shape index (κ3) is 3.09. The lowest BCUT2D eigenvalue weighted by molar-refractivity contribution is 0.450. The van der Waals surface area contributed by atoms with E-state index in [1.54, 1.807) is 0 Å². The highest BCUT2D eigenvalue weighted by molar-refractivity contribution is 5.55. The van der Waals surface area contributed by atoms with Gasteiger partial charge >= 0.3 is 0 Å². The zero-order valence-corrected chi connectivity index (χ0v) is 10.9. The molecular formula is C13H22N4. The van der Waals surface area contributed by atoms with Crippen molar-refractivity contribution in [3.63, 3.8) is 0 Å². The monoisotopic (exact) mass is 234 g/mol. The average Bonchev–Trinajstić information content (AvgIpc) is 2.26. The Kier molecular flexibility index (Phi) is 3.84. The van der Waals surface area contributed by atoms with Gasteiger partial charge in [-0.1, -0.05) is 13.8 Å². The van der Waals surface area contributed by atoms with Crippen molar-refractivity contribution in [3.8, 4) is 0 Å². The lowest BCUT2D eigenvalue weighted by Crippen LogP contribution is -2.57. The Labute approximate surface area is 103 Å². The van der Waals surface area contributed by atoms with Gasteiger partial charge in [0.2, 0.25) is 0 Å². The summed E-state index contributed by atoms with van der Waals surface area (Å²) in [6, 6.07) is 4.84. The first-order chi connectivity index (χ1) is 8.19. The molecule has 1 aliphatic rings. The van der Waals surface area contributed by atoms with E-state index in [9.17, 15) is 0 Å². The molecule has 0 aromatic carbocycles. The van der Waals surface area contributed by atoms with Crippen LogP contribution in [0.1, 0.15) is 13.8 Å². The molecule has 0 radical (unpaired) electrons. The zero-order chi connectivity index (χ0) is 12.3. The van der Waals surface area contributed by atoms with Gasteiger partial charge in [-0.25, -0.2) is 4.98 Å². The maximum atomic E-state index is 4.34. The van der Waals surface area contributed by atoms with Crippen molar-refractivity contribution >= 4 is 11.5 Å². The molecule has 17 heavy (non-hydrogen) atoms. The predicted octanol–water partition coefficient (Wildman–Crippen LogP) is 1.56. The molecule has 94 valence electrons. The normalized spacial score (nSPS) is 16.1. The summed E-state index contributed by atoms with van der Waals surface area (Å²) in [4.78, 5) is 6.70. The van der Waals surface area contributed by atoms with Gasteiger partial charge in [-0.05, 0) is 19.0 Å². The second kappa shape index (κ2) is 5.36. The fourth-order valence-electron chi connectivity index (χ4n) is 1.89. The van der Waals surface area contributed by atoms with E-state index in [4.69, 9.17) is 0 Å². The van der Waals surface area contributed by atoms with Gasteiger partial charge in [0.25, 0.3) is 0 Å². The van der Waals surface area contributed by atoms with Gasteiger partial charge in [0, 0.05) is 43.6 Å². The van der Waals surface area contributed by atoms with Crippen LogP contribution in [0.4, 0.5) is 11.5 Å². The van der Waals surface area contributed by atoms with Crippen LogP contribution in [0, 0.1) is 5.92 Å². The van der Waals surface area contributed by atoms with Gasteiger partial charge in [-0.2, -0.15) is 0 Å². The molecule has 0 unspecified atom stereocenters. The number of likely N-dealkylation sites (N-methyl/N-ethyl adjacent to an activating group) is 1. The van der Waals surface area contributed by atoms with Crippen molar-refractivity contribution in [2.45, 2.75) is 19.9 Å². The number of hydrogen-bond acceptors (Lipinski definition) is 4. The van der Waals surface area contributed by atoms with Crippen molar-refractivity contribution in [1.82, 2.24) is 10.3 Å². The van der Waals surface area contributed by atoms with Crippen molar-refractivity contribution in [1.29, 1.82) is 0 Å². The summed E-state index contributed by atoms with van der Waals surface area (Å²) in [5, 5.41) is 6.64. The zero-order valence-electron chi connectivity index (χ0n) is 10.9. The number of rotatable bonds is 5. The van der Waals surface area contributed by atoms with Crippen LogP contribution in [0.5, 0.6) is 0 Å². The van der Waals surface area contributed by atoms with Crippen LogP contribution in [-0.4, -0.2) is 37.7 Å². The molecule has 0 aliphatic carbocycles. The van der Waals surface area contributed by atoms with Crippen LogP contribution in [0.15, 0.2) is 18.3 Å². The van der Waals surface area contributed by atoms with Crippen molar-refractivity contribution in [2.75, 3.05) is 36.9 Å². The van der Waals surface area contributed by atoms with E-state index in [-0.39, 0.29) is 0 Å². The fourth-order valence-corrected chi connectivity index (χ4v) is 1.89. The molecule has 1 aromatic heterocycles. The molecule has 2 N–H and O–H groups in total. The number of anilines is 2. The maximum absolute atomic E-state index is 4.34. The summed E-state index contributed by atoms with van der Waals surface area (Å²) in [5.41, 5.74) is 1.26. The molecule has 0 bridgehead atoms. The Balaban J connectivity index is 1.93.